The highest BCUT2D eigenvalue weighted by molar-refractivity contribution is 7.80. The number of hydrogen-bond acceptors (Lipinski definition) is 11. The Bertz CT molecular complexity index is 705. The van der Waals surface area contributed by atoms with E-state index in [2.05, 4.69) is 19.8 Å². The summed E-state index contributed by atoms with van der Waals surface area (Å²) in [6, 6.07) is -1.70. The topological polar surface area (TPSA) is 220 Å². The van der Waals surface area contributed by atoms with Crippen LogP contribution in [-0.4, -0.2) is 87.6 Å². The van der Waals surface area contributed by atoms with Crippen LogP contribution in [0.1, 0.15) is 0 Å². The molecule has 3 aliphatic rings. The van der Waals surface area contributed by atoms with Crippen molar-refractivity contribution in [1.82, 2.24) is 10.6 Å². The van der Waals surface area contributed by atoms with Gasteiger partial charge < -0.3 is 19.9 Å². The molecule has 1 spiro atoms. The van der Waals surface area contributed by atoms with Crippen molar-refractivity contribution in [3.05, 3.63) is 0 Å². The fraction of sp³-hybridized carbons (Fsp3) is 0.778. The zero-order valence-electron chi connectivity index (χ0n) is 11.6. The summed E-state index contributed by atoms with van der Waals surface area (Å²) in [5.74, 6) is -3.00. The first kappa shape index (κ1) is 16.2. The largest absolute Gasteiger partial charge is 0.726 e. The Morgan fingerprint density at radius 1 is 1.48 bits per heavy atom. The standard InChI is InChI=1S/C9H16N6O7S/c10-6-13-5-3(2-16)12-7(11)15-1-4(22-23(19,20)21)9(17,18)8(5,15)14-6/h3-5,16-18H,1-2H2,(H6,10,11,12,13,14,19,20,21)/p+1/t3-,4-,5-,8-/m0/s1. The molecule has 0 bridgehead atoms. The van der Waals surface area contributed by atoms with Gasteiger partial charge >= 0.3 is 11.9 Å². The van der Waals surface area contributed by atoms with Crippen LogP contribution in [0.15, 0.2) is 0 Å². The Hall–Kier alpha value is -1.71. The Morgan fingerprint density at radius 2 is 2.13 bits per heavy atom. The molecule has 3 aliphatic heterocycles. The number of nitrogens with zero attached hydrogens (tertiary/aromatic N) is 1. The normalized spacial score (nSPS) is 38.4. The third kappa shape index (κ3) is 2.07. The highest BCUT2D eigenvalue weighted by Gasteiger charge is 2.78. The molecule has 0 saturated carbocycles. The summed E-state index contributed by atoms with van der Waals surface area (Å²) < 4.78 is 38.0. The Morgan fingerprint density at radius 3 is 2.70 bits per heavy atom. The molecule has 10 N–H and O–H groups in total. The van der Waals surface area contributed by atoms with Gasteiger partial charge in [-0.25, -0.2) is 18.3 Å². The first-order valence-electron chi connectivity index (χ1n) is 6.56. The molecule has 1 fully saturated rings. The molecular weight excluding hydrogens is 336 g/mol. The molecule has 23 heavy (non-hydrogen) atoms. The van der Waals surface area contributed by atoms with E-state index in [1.54, 1.807) is 0 Å². The number of guanidine groups is 2. The summed E-state index contributed by atoms with van der Waals surface area (Å²) >= 11 is 0. The quantitative estimate of drug-likeness (QED) is 0.103. The summed E-state index contributed by atoms with van der Waals surface area (Å²) in [4.78, 5) is 2.73. The van der Waals surface area contributed by atoms with Gasteiger partial charge in [0.05, 0.1) is 6.61 Å². The lowest BCUT2D eigenvalue weighted by Crippen LogP contribution is -2.91. The van der Waals surface area contributed by atoms with Crippen LogP contribution < -0.4 is 27.1 Å². The van der Waals surface area contributed by atoms with Crippen LogP contribution in [0.4, 0.5) is 0 Å². The van der Waals surface area contributed by atoms with Gasteiger partial charge in [0.2, 0.25) is 10.4 Å². The van der Waals surface area contributed by atoms with E-state index in [0.29, 0.717) is 0 Å². The number of rotatable bonds is 3. The Labute approximate surface area is 130 Å². The molecule has 1 saturated heterocycles. The van der Waals surface area contributed by atoms with Crippen LogP contribution in [0.25, 0.3) is 0 Å². The van der Waals surface area contributed by atoms with Gasteiger partial charge in [0.1, 0.15) is 12.6 Å². The smallest absolute Gasteiger partial charge is 0.347 e. The van der Waals surface area contributed by atoms with E-state index < -0.39 is 53.2 Å². The van der Waals surface area contributed by atoms with E-state index >= 15 is 0 Å². The van der Waals surface area contributed by atoms with Crippen molar-refractivity contribution in [2.24, 2.45) is 11.5 Å². The van der Waals surface area contributed by atoms with Crippen LogP contribution in [0.2, 0.25) is 0 Å². The first-order chi connectivity index (χ1) is 10.5. The van der Waals surface area contributed by atoms with E-state index in [1.165, 1.54) is 4.58 Å². The zero-order chi connectivity index (χ0) is 17.2. The van der Waals surface area contributed by atoms with Gasteiger partial charge in [0.15, 0.2) is 12.1 Å². The van der Waals surface area contributed by atoms with Gasteiger partial charge in [-0.1, -0.05) is 0 Å². The minimum Gasteiger partial charge on any atom is -0.726 e. The van der Waals surface area contributed by atoms with Gasteiger partial charge in [-0.05, 0) is 0 Å². The second kappa shape index (κ2) is 4.65. The van der Waals surface area contributed by atoms with Crippen molar-refractivity contribution in [1.29, 1.82) is 0 Å². The van der Waals surface area contributed by atoms with Crippen LogP contribution in [0.5, 0.6) is 0 Å². The molecule has 4 atom stereocenters. The second-order valence-corrected chi connectivity index (χ2v) is 6.58. The molecule has 0 unspecified atom stereocenters. The van der Waals surface area contributed by atoms with Crippen LogP contribution in [0.3, 0.4) is 0 Å². The number of aliphatic hydroxyl groups is 3. The summed E-state index contributed by atoms with van der Waals surface area (Å²) in [7, 11) is -5.21. The maximum atomic E-state index is 10.9. The van der Waals surface area contributed by atoms with Crippen LogP contribution in [-0.2, 0) is 14.6 Å². The molecule has 3 heterocycles. The summed E-state index contributed by atoms with van der Waals surface area (Å²) in [5, 5.41) is 35.9. The van der Waals surface area contributed by atoms with Crippen molar-refractivity contribution in [2.75, 3.05) is 13.2 Å². The van der Waals surface area contributed by atoms with Gasteiger partial charge in [-0.15, -0.1) is 0 Å². The number of nitrogens with two attached hydrogens (primary N) is 2. The van der Waals surface area contributed by atoms with Crippen molar-refractivity contribution in [3.63, 3.8) is 0 Å². The number of hydrogen-bond donors (Lipinski definition) is 8. The minimum absolute atomic E-state index is 0.0481. The lowest BCUT2D eigenvalue weighted by atomic mass is 9.86. The fourth-order valence-electron chi connectivity index (χ4n) is 3.45. The van der Waals surface area contributed by atoms with E-state index in [-0.39, 0.29) is 11.9 Å². The maximum absolute atomic E-state index is 10.9. The van der Waals surface area contributed by atoms with E-state index in [0.717, 1.165) is 0 Å². The molecule has 0 aromatic heterocycles. The molecule has 13 nitrogen and oxygen atoms in total. The molecule has 14 heteroatoms. The SMILES string of the molecule is NC1=[NH+][C@H]2[C@H](CO)NC(N)=[N+]3C[C@H](OS(=O)(=O)[O-])C(O)(O)[C@]23N1. The van der Waals surface area contributed by atoms with E-state index in [1.807, 2.05) is 0 Å². The molecule has 3 rings (SSSR count). The third-order valence-electron chi connectivity index (χ3n) is 4.33. The summed E-state index contributed by atoms with van der Waals surface area (Å²) in [5.41, 5.74) is 9.65. The van der Waals surface area contributed by atoms with Gasteiger partial charge in [0.25, 0.3) is 11.4 Å². The highest BCUT2D eigenvalue weighted by atomic mass is 32.3. The summed E-state index contributed by atoms with van der Waals surface area (Å²) in [6.45, 7) is -0.867. The average molecular weight is 353 g/mol. The van der Waals surface area contributed by atoms with Crippen LogP contribution in [0, 0.1) is 0 Å². The second-order valence-electron chi connectivity index (χ2n) is 5.58. The molecule has 0 aromatic carbocycles. The molecule has 0 aromatic rings. The van der Waals surface area contributed by atoms with Crippen molar-refractivity contribution in [2.45, 2.75) is 29.6 Å². The van der Waals surface area contributed by atoms with Crippen molar-refractivity contribution < 1.29 is 42.0 Å². The highest BCUT2D eigenvalue weighted by Crippen LogP contribution is 2.39. The minimum atomic E-state index is -5.21. The fourth-order valence-corrected chi connectivity index (χ4v) is 3.93. The number of nitrogens with one attached hydrogen (secondary N) is 3. The monoisotopic (exact) mass is 353 g/mol. The average Bonchev–Trinajstić information content (AvgIpc) is 2.86. The molecule has 0 aliphatic carbocycles. The summed E-state index contributed by atoms with van der Waals surface area (Å²) in [6.07, 6.45) is -1.83. The molecular formula is C9H17N6O7S+. The van der Waals surface area contributed by atoms with E-state index in [9.17, 15) is 28.3 Å². The molecule has 0 radical (unpaired) electrons. The first-order valence-corrected chi connectivity index (χ1v) is 7.89. The Balaban J connectivity index is 2.14. The Kier molecular flexibility index (Phi) is 3.27. The zero-order valence-corrected chi connectivity index (χ0v) is 12.4. The van der Waals surface area contributed by atoms with Crippen LogP contribution >= 0.6 is 0 Å². The predicted molar refractivity (Wildman–Crippen MR) is 69.9 cm³/mol. The molecule has 130 valence electrons. The third-order valence-corrected chi connectivity index (χ3v) is 4.80. The van der Waals surface area contributed by atoms with E-state index in [4.69, 9.17) is 11.5 Å². The van der Waals surface area contributed by atoms with Crippen molar-refractivity contribution in [3.8, 4) is 0 Å². The van der Waals surface area contributed by atoms with Crippen molar-refractivity contribution >= 4 is 22.3 Å². The van der Waals surface area contributed by atoms with Gasteiger partial charge in [0, 0.05) is 0 Å². The van der Waals surface area contributed by atoms with Gasteiger partial charge in [-0.3, -0.25) is 26.0 Å². The molecule has 0 amide bonds. The van der Waals surface area contributed by atoms with Gasteiger partial charge in [-0.2, -0.15) is 0 Å². The lowest BCUT2D eigenvalue weighted by molar-refractivity contribution is -0.674. The lowest BCUT2D eigenvalue weighted by Gasteiger charge is -2.40. The maximum Gasteiger partial charge on any atom is 0.347 e. The predicted octanol–water partition coefficient (Wildman–Crippen LogP) is -8.12. The number of aliphatic hydroxyl groups excluding tert-OH is 1.